The third-order valence-corrected chi connectivity index (χ3v) is 2.43. The Balaban J connectivity index is 2.02. The molecule has 3 nitrogen and oxygen atoms in total. The van der Waals surface area contributed by atoms with E-state index in [1.807, 2.05) is 30.3 Å². The Kier molecular flexibility index (Phi) is 3.72. The molecule has 0 aliphatic rings. The highest BCUT2D eigenvalue weighted by Gasteiger charge is 2.06. The van der Waals surface area contributed by atoms with Crippen molar-refractivity contribution in [2.75, 3.05) is 0 Å². The summed E-state index contributed by atoms with van der Waals surface area (Å²) in [5.41, 5.74) is 1.84. The van der Waals surface area contributed by atoms with Crippen molar-refractivity contribution in [1.82, 2.24) is 10.3 Å². The first-order chi connectivity index (χ1) is 8.79. The van der Waals surface area contributed by atoms with Gasteiger partial charge in [-0.2, -0.15) is 0 Å². The van der Waals surface area contributed by atoms with Crippen LogP contribution in [0.25, 0.3) is 0 Å². The van der Waals surface area contributed by atoms with Crippen LogP contribution in [0.1, 0.15) is 21.7 Å². The molecular formula is C15H12N2O. The average molecular weight is 236 g/mol. The van der Waals surface area contributed by atoms with Crippen LogP contribution in [0.2, 0.25) is 0 Å². The minimum Gasteiger partial charge on any atom is -0.347 e. The zero-order valence-electron chi connectivity index (χ0n) is 9.76. The molecule has 1 N–H and O–H groups in total. The molecule has 0 aliphatic heterocycles. The summed E-state index contributed by atoms with van der Waals surface area (Å²) in [5, 5.41) is 2.80. The molecule has 1 aromatic carbocycles. The molecular weight excluding hydrogens is 224 g/mol. The number of pyridine rings is 1. The lowest BCUT2D eigenvalue weighted by atomic mass is 10.2. The summed E-state index contributed by atoms with van der Waals surface area (Å²) >= 11 is 0. The SMILES string of the molecule is C#Cc1cccc(C(=O)NCc2ccccc2)n1. The van der Waals surface area contributed by atoms with Gasteiger partial charge >= 0.3 is 0 Å². The number of benzene rings is 1. The number of hydrogen-bond acceptors (Lipinski definition) is 2. The number of amides is 1. The second-order valence-electron chi connectivity index (χ2n) is 3.72. The molecule has 0 fully saturated rings. The van der Waals surface area contributed by atoms with Crippen molar-refractivity contribution >= 4 is 5.91 Å². The Morgan fingerprint density at radius 3 is 2.67 bits per heavy atom. The average Bonchev–Trinajstić information content (AvgIpc) is 2.46. The predicted octanol–water partition coefficient (Wildman–Crippen LogP) is 1.99. The fraction of sp³-hybridized carbons (Fsp3) is 0.0667. The first-order valence-electron chi connectivity index (χ1n) is 5.55. The maximum atomic E-state index is 11.8. The van der Waals surface area contributed by atoms with Gasteiger partial charge in [0.1, 0.15) is 11.4 Å². The standard InChI is InChI=1S/C15H12N2O/c1-2-13-9-6-10-14(17-13)15(18)16-11-12-7-4-3-5-8-12/h1,3-10H,11H2,(H,16,18). The predicted molar refractivity (Wildman–Crippen MR) is 69.8 cm³/mol. The Bertz CT molecular complexity index is 585. The van der Waals surface area contributed by atoms with Crippen molar-refractivity contribution in [2.24, 2.45) is 0 Å². The first-order valence-corrected chi connectivity index (χ1v) is 5.55. The monoisotopic (exact) mass is 236 g/mol. The molecule has 18 heavy (non-hydrogen) atoms. The van der Waals surface area contributed by atoms with Crippen LogP contribution in [0, 0.1) is 12.3 Å². The van der Waals surface area contributed by atoms with E-state index in [-0.39, 0.29) is 5.91 Å². The Labute approximate surface area is 106 Å². The van der Waals surface area contributed by atoms with Crippen LogP contribution < -0.4 is 5.32 Å². The molecule has 0 aliphatic carbocycles. The van der Waals surface area contributed by atoms with Crippen molar-refractivity contribution in [3.63, 3.8) is 0 Å². The Morgan fingerprint density at radius 1 is 1.17 bits per heavy atom. The minimum atomic E-state index is -0.226. The van der Waals surface area contributed by atoms with Gasteiger partial charge in [0.05, 0.1) is 0 Å². The van der Waals surface area contributed by atoms with Gasteiger partial charge in [-0.25, -0.2) is 4.98 Å². The van der Waals surface area contributed by atoms with Gasteiger partial charge in [0, 0.05) is 6.54 Å². The highest BCUT2D eigenvalue weighted by Crippen LogP contribution is 2.01. The molecule has 2 aromatic rings. The van der Waals surface area contributed by atoms with Crippen LogP contribution in [-0.4, -0.2) is 10.9 Å². The third-order valence-electron chi connectivity index (χ3n) is 2.43. The van der Waals surface area contributed by atoms with Crippen LogP contribution in [0.4, 0.5) is 0 Å². The normalized spacial score (nSPS) is 9.50. The van der Waals surface area contributed by atoms with Gasteiger partial charge in [-0.15, -0.1) is 6.42 Å². The lowest BCUT2D eigenvalue weighted by Gasteiger charge is -2.04. The van der Waals surface area contributed by atoms with E-state index in [9.17, 15) is 4.79 Å². The number of terminal acetylenes is 1. The van der Waals surface area contributed by atoms with E-state index in [1.54, 1.807) is 18.2 Å². The highest BCUT2D eigenvalue weighted by molar-refractivity contribution is 5.92. The van der Waals surface area contributed by atoms with Gasteiger partial charge in [-0.05, 0) is 17.7 Å². The molecule has 1 aromatic heterocycles. The third kappa shape index (κ3) is 2.96. The van der Waals surface area contributed by atoms with Crippen LogP contribution in [-0.2, 0) is 6.54 Å². The van der Waals surface area contributed by atoms with Crippen LogP contribution >= 0.6 is 0 Å². The summed E-state index contributed by atoms with van der Waals surface area (Å²) in [7, 11) is 0. The maximum Gasteiger partial charge on any atom is 0.270 e. The van der Waals surface area contributed by atoms with E-state index >= 15 is 0 Å². The van der Waals surface area contributed by atoms with E-state index in [2.05, 4.69) is 16.2 Å². The fourth-order valence-electron chi connectivity index (χ4n) is 1.51. The molecule has 0 unspecified atom stereocenters. The molecule has 0 saturated carbocycles. The molecule has 0 spiro atoms. The number of aromatic nitrogens is 1. The summed E-state index contributed by atoms with van der Waals surface area (Å²) < 4.78 is 0. The summed E-state index contributed by atoms with van der Waals surface area (Å²) in [6, 6.07) is 14.7. The van der Waals surface area contributed by atoms with Gasteiger partial charge in [-0.3, -0.25) is 4.79 Å². The minimum absolute atomic E-state index is 0.226. The Morgan fingerprint density at radius 2 is 1.94 bits per heavy atom. The molecule has 0 bridgehead atoms. The lowest BCUT2D eigenvalue weighted by Crippen LogP contribution is -2.23. The molecule has 0 radical (unpaired) electrons. The van der Waals surface area contributed by atoms with E-state index in [4.69, 9.17) is 6.42 Å². The van der Waals surface area contributed by atoms with Crippen LogP contribution in [0.15, 0.2) is 48.5 Å². The van der Waals surface area contributed by atoms with Crippen LogP contribution in [0.3, 0.4) is 0 Å². The molecule has 88 valence electrons. The van der Waals surface area contributed by atoms with Crippen molar-refractivity contribution < 1.29 is 4.79 Å². The van der Waals surface area contributed by atoms with E-state index < -0.39 is 0 Å². The van der Waals surface area contributed by atoms with Gasteiger partial charge < -0.3 is 5.32 Å². The van der Waals surface area contributed by atoms with Gasteiger partial charge in [-0.1, -0.05) is 42.3 Å². The van der Waals surface area contributed by atoms with Gasteiger partial charge in [0.25, 0.3) is 5.91 Å². The summed E-state index contributed by atoms with van der Waals surface area (Å²) in [6.45, 7) is 0.474. The number of carbonyl (C=O) groups excluding carboxylic acids is 1. The Hall–Kier alpha value is -2.60. The fourth-order valence-corrected chi connectivity index (χ4v) is 1.51. The maximum absolute atomic E-state index is 11.8. The molecule has 3 heteroatoms. The summed E-state index contributed by atoms with van der Waals surface area (Å²) in [4.78, 5) is 15.9. The number of carbonyl (C=O) groups is 1. The largest absolute Gasteiger partial charge is 0.347 e. The molecule has 1 heterocycles. The van der Waals surface area contributed by atoms with Crippen LogP contribution in [0.5, 0.6) is 0 Å². The second-order valence-corrected chi connectivity index (χ2v) is 3.72. The lowest BCUT2D eigenvalue weighted by molar-refractivity contribution is 0.0946. The van der Waals surface area contributed by atoms with E-state index in [1.165, 1.54) is 0 Å². The topological polar surface area (TPSA) is 42.0 Å². The summed E-state index contributed by atoms with van der Waals surface area (Å²) in [5.74, 6) is 2.18. The van der Waals surface area contributed by atoms with Gasteiger partial charge in [0.2, 0.25) is 0 Å². The molecule has 0 atom stereocenters. The highest BCUT2D eigenvalue weighted by atomic mass is 16.1. The second kappa shape index (κ2) is 5.65. The van der Waals surface area contributed by atoms with E-state index in [0.717, 1.165) is 5.56 Å². The van der Waals surface area contributed by atoms with Crippen molar-refractivity contribution in [3.8, 4) is 12.3 Å². The van der Waals surface area contributed by atoms with Crippen molar-refractivity contribution in [3.05, 3.63) is 65.5 Å². The number of rotatable bonds is 3. The zero-order valence-corrected chi connectivity index (χ0v) is 9.76. The van der Waals surface area contributed by atoms with Crippen molar-refractivity contribution in [1.29, 1.82) is 0 Å². The molecule has 1 amide bonds. The first kappa shape index (κ1) is 11.9. The quantitative estimate of drug-likeness (QED) is 0.828. The van der Waals surface area contributed by atoms with E-state index in [0.29, 0.717) is 17.9 Å². The number of hydrogen-bond donors (Lipinski definition) is 1. The summed E-state index contributed by atoms with van der Waals surface area (Å²) in [6.07, 6.45) is 5.24. The zero-order chi connectivity index (χ0) is 12.8. The smallest absolute Gasteiger partial charge is 0.270 e. The number of nitrogens with one attached hydrogen (secondary N) is 1. The number of nitrogens with zero attached hydrogens (tertiary/aromatic N) is 1. The van der Waals surface area contributed by atoms with Crippen molar-refractivity contribution in [2.45, 2.75) is 6.54 Å². The molecule has 2 rings (SSSR count). The molecule has 0 saturated heterocycles. The van der Waals surface area contributed by atoms with Gasteiger partial charge in [0.15, 0.2) is 0 Å².